The fraction of sp³-hybridized carbons (Fsp3) is 0.250. The number of nitrogens with zero attached hydrogens (tertiary/aromatic N) is 3. The Morgan fingerprint density at radius 2 is 1.58 bits per heavy atom. The van der Waals surface area contributed by atoms with Gasteiger partial charge in [0.25, 0.3) is 0 Å². The summed E-state index contributed by atoms with van der Waals surface area (Å²) in [5.41, 5.74) is 2.94. The number of hydrogen-bond acceptors (Lipinski definition) is 3. The molecule has 3 atom stereocenters. The van der Waals surface area contributed by atoms with Crippen LogP contribution in [0.1, 0.15) is 31.4 Å². The summed E-state index contributed by atoms with van der Waals surface area (Å²) in [5.74, 6) is -1.30. The molecule has 4 aromatic rings. The van der Waals surface area contributed by atoms with Crippen molar-refractivity contribution in [2.45, 2.75) is 31.8 Å². The van der Waals surface area contributed by atoms with Gasteiger partial charge in [-0.2, -0.15) is 5.10 Å². The fourth-order valence-electron chi connectivity index (χ4n) is 5.04. The first-order chi connectivity index (χ1) is 17.4. The zero-order valence-electron chi connectivity index (χ0n) is 19.6. The molecule has 2 heterocycles. The number of carbonyl (C=O) groups excluding carboxylic acids is 2. The standard InChI is InChI=1S/C28H24F2N4O2/c1-16-25(32-27(35)18-2-3-18)26(17-4-6-20(29)7-5-17)33(28(16)36)23-12-13-24-19(14-23)15-31-34(24)22-10-8-21(30)9-11-22/h4-16,18,25-26H,2-3H2,1H3,(H,32,35)/t16-,25?,26+/m0/s1. The molecule has 2 amide bonds. The highest BCUT2D eigenvalue weighted by molar-refractivity contribution is 6.01. The fourth-order valence-corrected chi connectivity index (χ4v) is 5.04. The Hall–Kier alpha value is -4.07. The van der Waals surface area contributed by atoms with Crippen molar-refractivity contribution in [3.8, 4) is 5.69 Å². The van der Waals surface area contributed by atoms with Gasteiger partial charge in [0.05, 0.1) is 35.4 Å². The normalized spacial score (nSPS) is 21.8. The van der Waals surface area contributed by atoms with Crippen LogP contribution in [0.25, 0.3) is 16.6 Å². The minimum absolute atomic E-state index is 0.00358. The number of carbonyl (C=O) groups is 2. The highest BCUT2D eigenvalue weighted by Gasteiger charge is 2.48. The van der Waals surface area contributed by atoms with E-state index in [0.717, 1.165) is 35.0 Å². The lowest BCUT2D eigenvalue weighted by Crippen LogP contribution is -2.42. The second-order valence-electron chi connectivity index (χ2n) is 9.58. The molecule has 1 aromatic heterocycles. The molecule has 182 valence electrons. The van der Waals surface area contributed by atoms with E-state index in [-0.39, 0.29) is 29.4 Å². The minimum Gasteiger partial charge on any atom is -0.350 e. The van der Waals surface area contributed by atoms with E-state index in [0.29, 0.717) is 5.69 Å². The third-order valence-corrected chi connectivity index (χ3v) is 7.15. The molecular weight excluding hydrogens is 462 g/mol. The summed E-state index contributed by atoms with van der Waals surface area (Å²) in [5, 5.41) is 8.37. The monoisotopic (exact) mass is 486 g/mol. The van der Waals surface area contributed by atoms with E-state index in [1.807, 2.05) is 25.1 Å². The van der Waals surface area contributed by atoms with E-state index in [1.165, 1.54) is 24.3 Å². The van der Waals surface area contributed by atoms with E-state index in [4.69, 9.17) is 0 Å². The van der Waals surface area contributed by atoms with Crippen molar-refractivity contribution in [1.29, 1.82) is 0 Å². The molecule has 1 aliphatic heterocycles. The second-order valence-corrected chi connectivity index (χ2v) is 9.58. The van der Waals surface area contributed by atoms with Gasteiger partial charge in [-0.25, -0.2) is 13.5 Å². The maximum absolute atomic E-state index is 13.7. The van der Waals surface area contributed by atoms with Crippen LogP contribution in [0.15, 0.2) is 72.9 Å². The highest BCUT2D eigenvalue weighted by atomic mass is 19.1. The molecule has 1 N–H and O–H groups in total. The van der Waals surface area contributed by atoms with E-state index >= 15 is 0 Å². The summed E-state index contributed by atoms with van der Waals surface area (Å²) in [6.07, 6.45) is 3.42. The van der Waals surface area contributed by atoms with Crippen LogP contribution in [-0.4, -0.2) is 27.6 Å². The lowest BCUT2D eigenvalue weighted by Gasteiger charge is -2.29. The maximum atomic E-state index is 13.7. The molecular formula is C28H24F2N4O2. The van der Waals surface area contributed by atoms with Crippen molar-refractivity contribution in [3.63, 3.8) is 0 Å². The topological polar surface area (TPSA) is 67.2 Å². The molecule has 6 rings (SSSR count). The van der Waals surface area contributed by atoms with Crippen LogP contribution in [0.4, 0.5) is 14.5 Å². The number of nitrogens with one attached hydrogen (secondary N) is 1. The molecule has 3 aromatic carbocycles. The average molecular weight is 487 g/mol. The number of hydrogen-bond donors (Lipinski definition) is 1. The van der Waals surface area contributed by atoms with Crippen molar-refractivity contribution in [2.75, 3.05) is 4.90 Å². The van der Waals surface area contributed by atoms with Gasteiger partial charge in [0.1, 0.15) is 11.6 Å². The Kier molecular flexibility index (Phi) is 5.32. The van der Waals surface area contributed by atoms with Gasteiger partial charge in [-0.3, -0.25) is 9.59 Å². The van der Waals surface area contributed by atoms with Gasteiger partial charge in [-0.1, -0.05) is 19.1 Å². The Labute approximate surface area is 206 Å². The van der Waals surface area contributed by atoms with E-state index in [9.17, 15) is 18.4 Å². The first-order valence-electron chi connectivity index (χ1n) is 12.0. The Bertz CT molecular complexity index is 1460. The smallest absolute Gasteiger partial charge is 0.232 e. The third-order valence-electron chi connectivity index (χ3n) is 7.15. The van der Waals surface area contributed by atoms with Gasteiger partial charge in [0, 0.05) is 17.0 Å². The molecule has 0 bridgehead atoms. The molecule has 0 spiro atoms. The van der Waals surface area contributed by atoms with Crippen LogP contribution in [0.2, 0.25) is 0 Å². The number of fused-ring (bicyclic) bond motifs is 1. The second kappa shape index (κ2) is 8.55. The van der Waals surface area contributed by atoms with Gasteiger partial charge in [-0.15, -0.1) is 0 Å². The van der Waals surface area contributed by atoms with Crippen molar-refractivity contribution in [1.82, 2.24) is 15.1 Å². The van der Waals surface area contributed by atoms with E-state index in [1.54, 1.807) is 40.0 Å². The highest BCUT2D eigenvalue weighted by Crippen LogP contribution is 2.42. The molecule has 0 radical (unpaired) electrons. The van der Waals surface area contributed by atoms with Crippen molar-refractivity contribution in [2.24, 2.45) is 11.8 Å². The third kappa shape index (κ3) is 3.82. The number of aromatic nitrogens is 2. The summed E-state index contributed by atoms with van der Waals surface area (Å²) in [6, 6.07) is 16.8. The zero-order valence-corrected chi connectivity index (χ0v) is 19.6. The molecule has 36 heavy (non-hydrogen) atoms. The number of halogens is 2. The van der Waals surface area contributed by atoms with Gasteiger partial charge in [0.2, 0.25) is 11.8 Å². The van der Waals surface area contributed by atoms with Crippen molar-refractivity contribution in [3.05, 3.63) is 90.1 Å². The van der Waals surface area contributed by atoms with Crippen LogP contribution in [0.3, 0.4) is 0 Å². The first-order valence-corrected chi connectivity index (χ1v) is 12.0. The summed E-state index contributed by atoms with van der Waals surface area (Å²) in [6.45, 7) is 1.82. The quantitative estimate of drug-likeness (QED) is 0.435. The average Bonchev–Trinajstić information content (AvgIpc) is 3.61. The summed E-state index contributed by atoms with van der Waals surface area (Å²) in [4.78, 5) is 28.0. The van der Waals surface area contributed by atoms with Gasteiger partial charge >= 0.3 is 0 Å². The van der Waals surface area contributed by atoms with Crippen LogP contribution >= 0.6 is 0 Å². The lowest BCUT2D eigenvalue weighted by molar-refractivity contribution is -0.123. The van der Waals surface area contributed by atoms with Gasteiger partial charge < -0.3 is 10.2 Å². The number of anilines is 1. The Balaban J connectivity index is 1.41. The minimum atomic E-state index is -0.486. The Morgan fingerprint density at radius 1 is 0.944 bits per heavy atom. The first kappa shape index (κ1) is 22.4. The van der Waals surface area contributed by atoms with Crippen molar-refractivity contribution < 1.29 is 18.4 Å². The largest absolute Gasteiger partial charge is 0.350 e. The number of rotatable bonds is 5. The molecule has 8 heteroatoms. The molecule has 2 fully saturated rings. The van der Waals surface area contributed by atoms with E-state index in [2.05, 4.69) is 10.4 Å². The summed E-state index contributed by atoms with van der Waals surface area (Å²) < 4.78 is 28.8. The number of amides is 2. The molecule has 1 saturated carbocycles. The van der Waals surface area contributed by atoms with Crippen LogP contribution in [0, 0.1) is 23.5 Å². The lowest BCUT2D eigenvalue weighted by atomic mass is 9.94. The zero-order chi connectivity index (χ0) is 25.0. The molecule has 1 saturated heterocycles. The molecule has 6 nitrogen and oxygen atoms in total. The van der Waals surface area contributed by atoms with Crippen molar-refractivity contribution >= 4 is 28.4 Å². The predicted molar refractivity (Wildman–Crippen MR) is 131 cm³/mol. The van der Waals surface area contributed by atoms with Gasteiger partial charge in [-0.05, 0) is 73.0 Å². The number of benzene rings is 3. The SMILES string of the molecule is C[C@@H]1C(=O)N(c2ccc3c(cnn3-c3ccc(F)cc3)c2)[C@H](c2ccc(F)cc2)C1NC(=O)C1CC1. The molecule has 1 unspecified atom stereocenters. The Morgan fingerprint density at radius 3 is 2.25 bits per heavy atom. The predicted octanol–water partition coefficient (Wildman–Crippen LogP) is 4.92. The van der Waals surface area contributed by atoms with Gasteiger partial charge in [0.15, 0.2) is 0 Å². The molecule has 1 aliphatic carbocycles. The van der Waals surface area contributed by atoms with Crippen LogP contribution in [0.5, 0.6) is 0 Å². The van der Waals surface area contributed by atoms with Crippen LogP contribution in [-0.2, 0) is 9.59 Å². The summed E-state index contributed by atoms with van der Waals surface area (Å²) in [7, 11) is 0. The maximum Gasteiger partial charge on any atom is 0.232 e. The van der Waals surface area contributed by atoms with E-state index < -0.39 is 18.0 Å². The summed E-state index contributed by atoms with van der Waals surface area (Å²) >= 11 is 0. The van der Waals surface area contributed by atoms with Crippen LogP contribution < -0.4 is 10.2 Å². The molecule has 2 aliphatic rings.